The Hall–Kier alpha value is -10.2. The fourth-order valence-electron chi connectivity index (χ4n) is 8.43. The SMILES string of the molecule is COC(=O)COC(=O)c1ccc(-c2c3nc(c(-c4ccc(C(=O)OCC(=O)OC)cc4)c4ccc([n-]4)c(-c4ccc(C(=O)OCC(=O)OC)cc4)c4nc(c(-c5ccc(C(=O)OCC(=O)OC)cc5)c5ccc2[n-]5)C=C4)C=C3)cc1.[Mn+2]. The second-order valence-electron chi connectivity index (χ2n) is 17.3. The number of rotatable bonds is 16. The molecule has 407 valence electrons. The molecule has 0 amide bonds. The monoisotopic (exact) mass is 1130 g/mol. The minimum absolute atomic E-state index is 0. The van der Waals surface area contributed by atoms with Gasteiger partial charge in [0, 0.05) is 0 Å². The minimum Gasteiger partial charge on any atom is -0.657 e. The molecule has 0 spiro atoms. The second kappa shape index (κ2) is 25.5. The van der Waals surface area contributed by atoms with Gasteiger partial charge in [0.2, 0.25) is 0 Å². The van der Waals surface area contributed by atoms with Crippen LogP contribution in [0.5, 0.6) is 0 Å². The maximum atomic E-state index is 13.0. The number of ether oxygens (including phenoxy) is 8. The third kappa shape index (κ3) is 12.9. The van der Waals surface area contributed by atoms with E-state index in [2.05, 4.69) is 18.9 Å². The largest absolute Gasteiger partial charge is 2.00 e. The Kier molecular flexibility index (Phi) is 17.9. The fraction of sp³-hybridized carbons (Fsp3) is 0.133. The molecule has 1 radical (unpaired) electrons. The number of nitrogens with zero attached hydrogens (tertiary/aromatic N) is 4. The average Bonchev–Trinajstić information content (AvgIpc) is 4.49. The van der Waals surface area contributed by atoms with Crippen LogP contribution < -0.4 is 9.97 Å². The molecule has 2 aliphatic rings. The van der Waals surface area contributed by atoms with Crippen molar-refractivity contribution in [1.82, 2.24) is 19.9 Å². The summed E-state index contributed by atoms with van der Waals surface area (Å²) in [6.07, 6.45) is 7.22. The van der Waals surface area contributed by atoms with Gasteiger partial charge < -0.3 is 47.9 Å². The molecular formula is C60H44MnN4O16. The van der Waals surface area contributed by atoms with Crippen LogP contribution in [0.2, 0.25) is 0 Å². The van der Waals surface area contributed by atoms with E-state index in [4.69, 9.17) is 38.9 Å². The summed E-state index contributed by atoms with van der Waals surface area (Å²) in [6.45, 7) is -2.33. The molecule has 8 bridgehead atoms. The van der Waals surface area contributed by atoms with E-state index in [1.54, 1.807) is 146 Å². The van der Waals surface area contributed by atoms with Crippen molar-refractivity contribution in [3.8, 4) is 44.5 Å². The van der Waals surface area contributed by atoms with Gasteiger partial charge in [0.15, 0.2) is 26.4 Å². The first kappa shape index (κ1) is 56.9. The van der Waals surface area contributed by atoms with Gasteiger partial charge in [-0.2, -0.15) is 0 Å². The van der Waals surface area contributed by atoms with Crippen LogP contribution >= 0.6 is 0 Å². The van der Waals surface area contributed by atoms with Crippen molar-refractivity contribution >= 4 is 94.1 Å². The van der Waals surface area contributed by atoms with E-state index in [0.717, 1.165) is 0 Å². The molecule has 20 nitrogen and oxygen atoms in total. The van der Waals surface area contributed by atoms with Crippen molar-refractivity contribution in [2.75, 3.05) is 54.9 Å². The maximum absolute atomic E-state index is 13.0. The van der Waals surface area contributed by atoms with Gasteiger partial charge in [-0.05, 0) is 117 Å². The van der Waals surface area contributed by atoms with E-state index in [1.165, 1.54) is 28.4 Å². The summed E-state index contributed by atoms with van der Waals surface area (Å²) in [5.74, 6) is -5.93. The van der Waals surface area contributed by atoms with Crippen LogP contribution in [0.25, 0.3) is 90.9 Å². The number of fused-ring (bicyclic) bond motifs is 8. The molecule has 0 fully saturated rings. The number of methoxy groups -OCH3 is 4. The van der Waals surface area contributed by atoms with E-state index in [1.807, 2.05) is 0 Å². The number of benzene rings is 4. The summed E-state index contributed by atoms with van der Waals surface area (Å²) < 4.78 is 39.1. The zero-order valence-corrected chi connectivity index (χ0v) is 44.6. The summed E-state index contributed by atoms with van der Waals surface area (Å²) in [5, 5.41) is 0. The molecule has 0 saturated carbocycles. The first-order valence-electron chi connectivity index (χ1n) is 24.2. The third-order valence-electron chi connectivity index (χ3n) is 12.4. The molecule has 0 atom stereocenters. The molecular weight excluding hydrogens is 1090 g/mol. The molecule has 21 heteroatoms. The molecule has 4 aromatic carbocycles. The first-order chi connectivity index (χ1) is 38.7. The van der Waals surface area contributed by atoms with Crippen molar-refractivity contribution in [1.29, 1.82) is 0 Å². The van der Waals surface area contributed by atoms with Crippen molar-refractivity contribution in [3.63, 3.8) is 0 Å². The van der Waals surface area contributed by atoms with Crippen LogP contribution in [0.1, 0.15) is 64.2 Å². The van der Waals surface area contributed by atoms with Gasteiger partial charge in [-0.15, -0.1) is 22.1 Å². The number of carbonyl (C=O) groups excluding carboxylic acids is 8. The molecule has 81 heavy (non-hydrogen) atoms. The van der Waals surface area contributed by atoms with Gasteiger partial charge >= 0.3 is 64.8 Å². The molecule has 2 aliphatic heterocycles. The van der Waals surface area contributed by atoms with Gasteiger partial charge in [0.05, 0.1) is 73.5 Å². The van der Waals surface area contributed by atoms with Crippen LogP contribution in [0.15, 0.2) is 121 Å². The van der Waals surface area contributed by atoms with E-state index in [0.29, 0.717) is 89.4 Å². The number of hydrogen-bond donors (Lipinski definition) is 0. The summed E-state index contributed by atoms with van der Waals surface area (Å²) in [7, 11) is 4.72. The van der Waals surface area contributed by atoms with Crippen molar-refractivity contribution < 1.29 is 93.3 Å². The van der Waals surface area contributed by atoms with Gasteiger partial charge in [-0.1, -0.05) is 72.8 Å². The number of esters is 8. The van der Waals surface area contributed by atoms with E-state index >= 15 is 0 Å². The molecule has 0 aliphatic carbocycles. The molecule has 9 rings (SSSR count). The van der Waals surface area contributed by atoms with Crippen molar-refractivity contribution in [3.05, 3.63) is 166 Å². The molecule has 7 aromatic rings. The van der Waals surface area contributed by atoms with Crippen LogP contribution in [-0.4, -0.2) is 113 Å². The second-order valence-corrected chi connectivity index (χ2v) is 17.3. The maximum Gasteiger partial charge on any atom is 2.00 e. The van der Waals surface area contributed by atoms with Gasteiger partial charge in [-0.3, -0.25) is 0 Å². The van der Waals surface area contributed by atoms with Crippen LogP contribution in [0.3, 0.4) is 0 Å². The number of aromatic nitrogens is 4. The van der Waals surface area contributed by atoms with E-state index < -0.39 is 74.2 Å². The van der Waals surface area contributed by atoms with Crippen molar-refractivity contribution in [2.45, 2.75) is 0 Å². The molecule has 0 N–H and O–H groups in total. The van der Waals surface area contributed by atoms with Crippen LogP contribution in [0.4, 0.5) is 0 Å². The molecule has 5 heterocycles. The fourth-order valence-corrected chi connectivity index (χ4v) is 8.43. The van der Waals surface area contributed by atoms with Gasteiger partial charge in [-0.25, -0.2) is 48.3 Å². The first-order valence-corrected chi connectivity index (χ1v) is 24.2. The Labute approximate surface area is 471 Å². The number of hydrogen-bond acceptors (Lipinski definition) is 18. The van der Waals surface area contributed by atoms with Crippen LogP contribution in [0, 0.1) is 0 Å². The van der Waals surface area contributed by atoms with Crippen molar-refractivity contribution in [2.24, 2.45) is 0 Å². The quantitative estimate of drug-likeness (QED) is 0.0505. The Balaban J connectivity index is 0.00000860. The Bertz CT molecular complexity index is 3370. The van der Waals surface area contributed by atoms with Gasteiger partial charge in [0.1, 0.15) is 0 Å². The molecule has 0 saturated heterocycles. The smallest absolute Gasteiger partial charge is 0.657 e. The Morgan fingerprint density at radius 2 is 0.519 bits per heavy atom. The Morgan fingerprint density at radius 3 is 0.704 bits per heavy atom. The van der Waals surface area contributed by atoms with E-state index in [9.17, 15) is 38.4 Å². The standard InChI is InChI=1S/C60H45N4O16.Mn/c1-73-49(65)29-77-57(69)37-13-5-33(6-14-37)53-41-21-23-43(61-41)54(34-7-15-38(16-8-34)58(70)78-30-50(66)74-2)45-25-27-47(63-45)56(36-11-19-40(20-12-36)60(72)80-32-52(68)76-4)48-28-26-46(64-48)55(44-24-22-42(53)62-44)35-9-17-39(18-10-35)59(71)79-31-51(67)75-3;/h5-28H,29-32H2,1-4H3,(H-,61,62,63,64,69,70,71,72);/q-1;+2/p-1. The Morgan fingerprint density at radius 1 is 0.321 bits per heavy atom. The molecule has 0 unspecified atom stereocenters. The average molecular weight is 1130 g/mol. The number of carbonyl (C=O) groups is 8. The zero-order valence-electron chi connectivity index (χ0n) is 43.4. The normalized spacial score (nSPS) is 11.1. The van der Waals surface area contributed by atoms with Crippen LogP contribution in [-0.2, 0) is 74.1 Å². The summed E-state index contributed by atoms with van der Waals surface area (Å²) in [4.78, 5) is 120. The summed E-state index contributed by atoms with van der Waals surface area (Å²) in [6, 6.07) is 33.1. The summed E-state index contributed by atoms with van der Waals surface area (Å²) >= 11 is 0. The summed E-state index contributed by atoms with van der Waals surface area (Å²) in [5.41, 5.74) is 8.72. The predicted octanol–water partition coefficient (Wildman–Crippen LogP) is 7.90. The zero-order chi connectivity index (χ0) is 56.5. The van der Waals surface area contributed by atoms with E-state index in [-0.39, 0.29) is 39.3 Å². The topological polar surface area (TPSA) is 264 Å². The third-order valence-corrected chi connectivity index (χ3v) is 12.4. The minimum atomic E-state index is -0.755. The van der Waals surface area contributed by atoms with Gasteiger partial charge in [0.25, 0.3) is 0 Å². The molecule has 3 aromatic heterocycles. The predicted molar refractivity (Wildman–Crippen MR) is 288 cm³/mol.